The summed E-state index contributed by atoms with van der Waals surface area (Å²) in [5, 5.41) is 0. The summed E-state index contributed by atoms with van der Waals surface area (Å²) < 4.78 is 0. The number of nitrogens with zero attached hydrogens (tertiary/aromatic N) is 1. The average molecular weight is 175 g/mol. The fraction of sp³-hybridized carbons (Fsp3) is 0.364. The van der Waals surface area contributed by atoms with Crippen molar-refractivity contribution in [2.45, 2.75) is 26.4 Å². The third-order valence-electron chi connectivity index (χ3n) is 2.50. The van der Waals surface area contributed by atoms with Crippen LogP contribution in [0.15, 0.2) is 24.3 Å². The molecule has 1 aromatic rings. The smallest absolute Gasteiger partial charge is 0.222 e. The first-order valence-electron chi connectivity index (χ1n) is 4.66. The number of hydrogen-bond acceptors (Lipinski definition) is 1. The van der Waals surface area contributed by atoms with Gasteiger partial charge in [0.15, 0.2) is 0 Å². The summed E-state index contributed by atoms with van der Waals surface area (Å²) in [4.78, 5) is 13.3. The Balaban J connectivity index is 2.18. The number of rotatable bonds is 1. The highest BCUT2D eigenvalue weighted by molar-refractivity contribution is 5.76. The second-order valence-corrected chi connectivity index (χ2v) is 3.37. The first-order chi connectivity index (χ1) is 6.31. The van der Waals surface area contributed by atoms with Gasteiger partial charge in [0.25, 0.3) is 0 Å². The molecule has 13 heavy (non-hydrogen) atoms. The normalized spacial score (nSPS) is 14.4. The van der Waals surface area contributed by atoms with Gasteiger partial charge in [0.1, 0.15) is 0 Å². The zero-order chi connectivity index (χ0) is 9.26. The summed E-state index contributed by atoms with van der Waals surface area (Å²) in [5.41, 5.74) is 2.59. The zero-order valence-corrected chi connectivity index (χ0v) is 7.79. The van der Waals surface area contributed by atoms with Crippen molar-refractivity contribution in [1.29, 1.82) is 0 Å². The van der Waals surface area contributed by atoms with Crippen molar-refractivity contribution in [2.24, 2.45) is 0 Å². The van der Waals surface area contributed by atoms with Gasteiger partial charge in [-0.15, -0.1) is 0 Å². The summed E-state index contributed by atoms with van der Waals surface area (Å²) in [7, 11) is 0. The number of carbonyl (C=O) groups excluding carboxylic acids is 1. The van der Waals surface area contributed by atoms with E-state index in [1.165, 1.54) is 11.1 Å². The second kappa shape index (κ2) is 3.21. The van der Waals surface area contributed by atoms with Gasteiger partial charge in [0.2, 0.25) is 5.91 Å². The molecule has 1 aromatic carbocycles. The first-order valence-corrected chi connectivity index (χ1v) is 4.66. The molecule has 2 rings (SSSR count). The largest absolute Gasteiger partial charge is 0.334 e. The van der Waals surface area contributed by atoms with E-state index in [-0.39, 0.29) is 5.91 Å². The molecule has 0 bridgehead atoms. The summed E-state index contributed by atoms with van der Waals surface area (Å²) in [6, 6.07) is 8.24. The van der Waals surface area contributed by atoms with Gasteiger partial charge in [0.05, 0.1) is 0 Å². The lowest BCUT2D eigenvalue weighted by molar-refractivity contribution is -0.131. The predicted octanol–water partition coefficient (Wildman–Crippen LogP) is 1.94. The second-order valence-electron chi connectivity index (χ2n) is 3.37. The SMILES string of the molecule is CCC(=O)N1Cc2ccccc2C1. The van der Waals surface area contributed by atoms with Gasteiger partial charge in [-0.05, 0) is 11.1 Å². The van der Waals surface area contributed by atoms with Gasteiger partial charge in [-0.3, -0.25) is 4.79 Å². The molecule has 0 unspecified atom stereocenters. The van der Waals surface area contributed by atoms with E-state index >= 15 is 0 Å². The third kappa shape index (κ3) is 1.44. The van der Waals surface area contributed by atoms with E-state index in [1.807, 2.05) is 24.0 Å². The van der Waals surface area contributed by atoms with Crippen molar-refractivity contribution in [3.63, 3.8) is 0 Å². The van der Waals surface area contributed by atoms with Crippen LogP contribution in [0.25, 0.3) is 0 Å². The molecule has 0 N–H and O–H groups in total. The highest BCUT2D eigenvalue weighted by atomic mass is 16.2. The lowest BCUT2D eigenvalue weighted by atomic mass is 10.1. The van der Waals surface area contributed by atoms with Gasteiger partial charge in [-0.25, -0.2) is 0 Å². The summed E-state index contributed by atoms with van der Waals surface area (Å²) in [6.45, 7) is 3.50. The Kier molecular flexibility index (Phi) is 2.05. The van der Waals surface area contributed by atoms with Gasteiger partial charge < -0.3 is 4.90 Å². The topological polar surface area (TPSA) is 20.3 Å². The molecule has 0 saturated heterocycles. The molecule has 2 nitrogen and oxygen atoms in total. The van der Waals surface area contributed by atoms with E-state index < -0.39 is 0 Å². The van der Waals surface area contributed by atoms with E-state index in [0.717, 1.165) is 13.1 Å². The van der Waals surface area contributed by atoms with Crippen molar-refractivity contribution in [1.82, 2.24) is 4.90 Å². The molecule has 0 atom stereocenters. The van der Waals surface area contributed by atoms with Crippen LogP contribution in [0.2, 0.25) is 0 Å². The van der Waals surface area contributed by atoms with Crippen LogP contribution >= 0.6 is 0 Å². The standard InChI is InChI=1S/C11H13NO/c1-2-11(13)12-7-9-5-3-4-6-10(9)8-12/h3-6H,2,7-8H2,1H3. The molecular weight excluding hydrogens is 162 g/mol. The molecule has 0 fully saturated rings. The summed E-state index contributed by atoms with van der Waals surface area (Å²) >= 11 is 0. The summed E-state index contributed by atoms with van der Waals surface area (Å²) in [5.74, 6) is 0.246. The number of amides is 1. The van der Waals surface area contributed by atoms with E-state index in [1.54, 1.807) is 0 Å². The van der Waals surface area contributed by atoms with Crippen LogP contribution in [-0.4, -0.2) is 10.8 Å². The molecule has 0 spiro atoms. The van der Waals surface area contributed by atoms with E-state index in [2.05, 4.69) is 12.1 Å². The fourth-order valence-corrected chi connectivity index (χ4v) is 1.73. The van der Waals surface area contributed by atoms with Crippen molar-refractivity contribution in [2.75, 3.05) is 0 Å². The Morgan fingerprint density at radius 3 is 2.31 bits per heavy atom. The highest BCUT2D eigenvalue weighted by Crippen LogP contribution is 2.22. The fourth-order valence-electron chi connectivity index (χ4n) is 1.73. The van der Waals surface area contributed by atoms with E-state index in [4.69, 9.17) is 0 Å². The van der Waals surface area contributed by atoms with Crippen LogP contribution in [0.5, 0.6) is 0 Å². The first kappa shape index (κ1) is 8.30. The molecular formula is C11H13NO. The molecule has 1 aliphatic rings. The monoisotopic (exact) mass is 175 g/mol. The van der Waals surface area contributed by atoms with Gasteiger partial charge in [0, 0.05) is 19.5 Å². The summed E-state index contributed by atoms with van der Waals surface area (Å²) in [6.07, 6.45) is 0.605. The Morgan fingerprint density at radius 1 is 1.31 bits per heavy atom. The van der Waals surface area contributed by atoms with E-state index in [0.29, 0.717) is 6.42 Å². The number of hydrogen-bond donors (Lipinski definition) is 0. The minimum absolute atomic E-state index is 0.246. The van der Waals surface area contributed by atoms with Crippen LogP contribution in [0.4, 0.5) is 0 Å². The van der Waals surface area contributed by atoms with Crippen molar-refractivity contribution >= 4 is 5.91 Å². The van der Waals surface area contributed by atoms with Crippen LogP contribution in [0.1, 0.15) is 24.5 Å². The maximum absolute atomic E-state index is 11.4. The third-order valence-corrected chi connectivity index (χ3v) is 2.50. The quantitative estimate of drug-likeness (QED) is 0.638. The van der Waals surface area contributed by atoms with Crippen LogP contribution in [-0.2, 0) is 17.9 Å². The molecule has 1 amide bonds. The Bertz CT molecular complexity index is 308. The lowest BCUT2D eigenvalue weighted by Crippen LogP contribution is -2.23. The molecule has 2 heteroatoms. The molecule has 68 valence electrons. The molecule has 0 aliphatic carbocycles. The molecule has 1 heterocycles. The van der Waals surface area contributed by atoms with Crippen molar-refractivity contribution in [3.05, 3.63) is 35.4 Å². The van der Waals surface area contributed by atoms with Crippen molar-refractivity contribution < 1.29 is 4.79 Å². The molecule has 0 aromatic heterocycles. The van der Waals surface area contributed by atoms with Crippen LogP contribution in [0.3, 0.4) is 0 Å². The number of carbonyl (C=O) groups is 1. The number of benzene rings is 1. The molecule has 0 radical (unpaired) electrons. The van der Waals surface area contributed by atoms with Crippen LogP contribution < -0.4 is 0 Å². The Labute approximate surface area is 78.2 Å². The van der Waals surface area contributed by atoms with Crippen LogP contribution in [0, 0.1) is 0 Å². The van der Waals surface area contributed by atoms with Gasteiger partial charge in [-0.2, -0.15) is 0 Å². The predicted molar refractivity (Wildman–Crippen MR) is 51.0 cm³/mol. The molecule has 1 aliphatic heterocycles. The van der Waals surface area contributed by atoms with E-state index in [9.17, 15) is 4.79 Å². The maximum Gasteiger partial charge on any atom is 0.222 e. The minimum atomic E-state index is 0.246. The average Bonchev–Trinajstić information content (AvgIpc) is 2.59. The highest BCUT2D eigenvalue weighted by Gasteiger charge is 2.20. The van der Waals surface area contributed by atoms with Gasteiger partial charge in [-0.1, -0.05) is 31.2 Å². The zero-order valence-electron chi connectivity index (χ0n) is 7.79. The Morgan fingerprint density at radius 2 is 1.85 bits per heavy atom. The molecule has 0 saturated carbocycles. The lowest BCUT2D eigenvalue weighted by Gasteiger charge is -2.13. The number of fused-ring (bicyclic) bond motifs is 1. The van der Waals surface area contributed by atoms with Crippen molar-refractivity contribution in [3.8, 4) is 0 Å². The minimum Gasteiger partial charge on any atom is -0.334 e. The Hall–Kier alpha value is -1.31. The maximum atomic E-state index is 11.4. The van der Waals surface area contributed by atoms with Gasteiger partial charge >= 0.3 is 0 Å².